The van der Waals surface area contributed by atoms with Crippen LogP contribution in [0.3, 0.4) is 0 Å². The van der Waals surface area contributed by atoms with Crippen LogP contribution in [0.2, 0.25) is 0 Å². The monoisotopic (exact) mass is 378 g/mol. The molecule has 0 saturated heterocycles. The van der Waals surface area contributed by atoms with Crippen LogP contribution >= 0.6 is 0 Å². The summed E-state index contributed by atoms with van der Waals surface area (Å²) in [5, 5.41) is 21.8. The van der Waals surface area contributed by atoms with Crippen molar-refractivity contribution in [1.29, 1.82) is 0 Å². The zero-order valence-corrected chi connectivity index (χ0v) is 14.6. The Hall–Kier alpha value is -1.94. The summed E-state index contributed by atoms with van der Waals surface area (Å²) in [7, 11) is 0.330. The molecule has 0 aliphatic heterocycles. The van der Waals surface area contributed by atoms with Crippen LogP contribution in [0.5, 0.6) is 0 Å². The van der Waals surface area contributed by atoms with E-state index in [0.29, 0.717) is 11.8 Å². The first-order valence-electron chi connectivity index (χ1n) is 7.22. The molecule has 0 fully saturated rings. The van der Waals surface area contributed by atoms with E-state index in [1.807, 2.05) is 0 Å². The molecule has 2 unspecified atom stereocenters. The number of nitro groups is 1. The molecule has 138 valence electrons. The van der Waals surface area contributed by atoms with Crippen molar-refractivity contribution < 1.29 is 27.4 Å². The highest BCUT2D eigenvalue weighted by Gasteiger charge is 2.39. The SMILES string of the molecule is Cn1c(C(C)(O)CCS(C)=O)cc2cc([N+](=O)[O-])c(C(F)(F)F)cc21. The predicted octanol–water partition coefficient (Wildman–Crippen LogP) is 3.08. The molecular formula is C15H17F3N2O4S. The van der Waals surface area contributed by atoms with Gasteiger partial charge in [0, 0.05) is 46.8 Å². The second kappa shape index (κ2) is 6.41. The van der Waals surface area contributed by atoms with Crippen molar-refractivity contribution in [2.24, 2.45) is 7.05 Å². The maximum absolute atomic E-state index is 13.1. The summed E-state index contributed by atoms with van der Waals surface area (Å²) in [5.41, 5.74) is -3.40. The van der Waals surface area contributed by atoms with Crippen molar-refractivity contribution in [3.05, 3.63) is 39.6 Å². The van der Waals surface area contributed by atoms with Crippen LogP contribution < -0.4 is 0 Å². The summed E-state index contributed by atoms with van der Waals surface area (Å²) in [6.45, 7) is 1.47. The standard InChI is InChI=1S/C15H17F3N2O4S/c1-14(21,4-5-25(3)24)13-7-9-6-12(20(22)23)10(15(16,17)18)8-11(9)19(13)2/h6-8,21H,4-5H2,1-3H3. The third-order valence-electron chi connectivity index (χ3n) is 4.09. The van der Waals surface area contributed by atoms with Crippen molar-refractivity contribution in [3.63, 3.8) is 0 Å². The second-order valence-electron chi connectivity index (χ2n) is 6.07. The number of hydrogen-bond donors (Lipinski definition) is 1. The average molecular weight is 378 g/mol. The van der Waals surface area contributed by atoms with Crippen molar-refractivity contribution >= 4 is 27.4 Å². The number of alkyl halides is 3. The fourth-order valence-corrected chi connectivity index (χ4v) is 3.42. The first kappa shape index (κ1) is 19.4. The van der Waals surface area contributed by atoms with E-state index < -0.39 is 38.8 Å². The molecule has 1 aromatic heterocycles. The first-order chi connectivity index (χ1) is 11.3. The normalized spacial score (nSPS) is 16.0. The Kier molecular flexibility index (Phi) is 4.97. The second-order valence-corrected chi connectivity index (χ2v) is 7.63. The molecule has 0 spiro atoms. The molecular weight excluding hydrogens is 361 g/mol. The third kappa shape index (κ3) is 3.84. The smallest absolute Gasteiger partial charge is 0.384 e. The molecule has 1 heterocycles. The van der Waals surface area contributed by atoms with Gasteiger partial charge in [-0.25, -0.2) is 0 Å². The summed E-state index contributed by atoms with van der Waals surface area (Å²) in [4.78, 5) is 9.92. The molecule has 0 radical (unpaired) electrons. The van der Waals surface area contributed by atoms with Gasteiger partial charge >= 0.3 is 6.18 Å². The molecule has 0 amide bonds. The molecule has 1 N–H and O–H groups in total. The molecule has 25 heavy (non-hydrogen) atoms. The van der Waals surface area contributed by atoms with Crippen LogP contribution in [0.4, 0.5) is 18.9 Å². The van der Waals surface area contributed by atoms with Gasteiger partial charge in [0.15, 0.2) is 0 Å². The Bertz CT molecular complexity index is 859. The van der Waals surface area contributed by atoms with Gasteiger partial charge in [-0.15, -0.1) is 0 Å². The van der Waals surface area contributed by atoms with E-state index in [1.54, 1.807) is 0 Å². The number of halogens is 3. The molecule has 1 aromatic carbocycles. The minimum Gasteiger partial charge on any atom is -0.384 e. The minimum absolute atomic E-state index is 0.117. The molecule has 6 nitrogen and oxygen atoms in total. The van der Waals surface area contributed by atoms with Crippen LogP contribution in [0.1, 0.15) is 24.6 Å². The zero-order valence-electron chi connectivity index (χ0n) is 13.8. The van der Waals surface area contributed by atoms with E-state index in [-0.39, 0.29) is 23.1 Å². The van der Waals surface area contributed by atoms with Crippen molar-refractivity contribution in [2.45, 2.75) is 25.1 Å². The number of fused-ring (bicyclic) bond motifs is 1. The van der Waals surface area contributed by atoms with E-state index in [1.165, 1.54) is 30.9 Å². The molecule has 0 saturated carbocycles. The maximum Gasteiger partial charge on any atom is 0.423 e. The van der Waals surface area contributed by atoms with Gasteiger partial charge in [-0.1, -0.05) is 0 Å². The Morgan fingerprint density at radius 2 is 1.92 bits per heavy atom. The number of benzene rings is 1. The molecule has 2 atom stereocenters. The summed E-state index contributed by atoms with van der Waals surface area (Å²) >= 11 is 0. The van der Waals surface area contributed by atoms with Crippen molar-refractivity contribution in [2.75, 3.05) is 12.0 Å². The Morgan fingerprint density at radius 3 is 2.40 bits per heavy atom. The number of nitro benzene ring substituents is 1. The molecule has 0 bridgehead atoms. The van der Waals surface area contributed by atoms with Gasteiger partial charge in [0.05, 0.1) is 10.6 Å². The largest absolute Gasteiger partial charge is 0.423 e. The fraction of sp³-hybridized carbons (Fsp3) is 0.467. The van der Waals surface area contributed by atoms with E-state index >= 15 is 0 Å². The van der Waals surface area contributed by atoms with Gasteiger partial charge in [0.2, 0.25) is 0 Å². The maximum atomic E-state index is 13.1. The molecule has 10 heteroatoms. The van der Waals surface area contributed by atoms with Gasteiger partial charge in [0.25, 0.3) is 5.69 Å². The highest BCUT2D eigenvalue weighted by Crippen LogP contribution is 2.40. The van der Waals surface area contributed by atoms with Gasteiger partial charge in [-0.3, -0.25) is 14.3 Å². The van der Waals surface area contributed by atoms with Gasteiger partial charge in [0.1, 0.15) is 11.2 Å². The van der Waals surface area contributed by atoms with Crippen LogP contribution in [0.25, 0.3) is 10.9 Å². The quantitative estimate of drug-likeness (QED) is 0.640. The number of aryl methyl sites for hydroxylation is 1. The van der Waals surface area contributed by atoms with E-state index in [2.05, 4.69) is 0 Å². The topological polar surface area (TPSA) is 85.4 Å². The number of aromatic nitrogens is 1. The van der Waals surface area contributed by atoms with E-state index in [9.17, 15) is 32.6 Å². The van der Waals surface area contributed by atoms with Gasteiger partial charge in [-0.05, 0) is 25.5 Å². The lowest BCUT2D eigenvalue weighted by molar-refractivity contribution is -0.387. The Morgan fingerprint density at radius 1 is 1.32 bits per heavy atom. The molecule has 2 rings (SSSR count). The third-order valence-corrected chi connectivity index (χ3v) is 4.87. The highest BCUT2D eigenvalue weighted by atomic mass is 32.2. The minimum atomic E-state index is -4.87. The zero-order chi connectivity index (χ0) is 19.2. The summed E-state index contributed by atoms with van der Waals surface area (Å²) in [5.74, 6) is 0.211. The van der Waals surface area contributed by atoms with Gasteiger partial charge in [-0.2, -0.15) is 13.2 Å². The highest BCUT2D eigenvalue weighted by molar-refractivity contribution is 7.84. The van der Waals surface area contributed by atoms with Crippen LogP contribution in [0, 0.1) is 10.1 Å². The number of rotatable bonds is 5. The van der Waals surface area contributed by atoms with Crippen LogP contribution in [-0.4, -0.2) is 30.8 Å². The van der Waals surface area contributed by atoms with Crippen LogP contribution in [-0.2, 0) is 29.6 Å². The summed E-state index contributed by atoms with van der Waals surface area (Å²) in [6, 6.07) is 2.99. The Balaban J connectivity index is 2.66. The number of nitrogens with zero attached hydrogens (tertiary/aromatic N) is 2. The first-order valence-corrected chi connectivity index (χ1v) is 8.95. The van der Waals surface area contributed by atoms with Crippen LogP contribution in [0.15, 0.2) is 18.2 Å². The van der Waals surface area contributed by atoms with E-state index in [4.69, 9.17) is 0 Å². The summed E-state index contributed by atoms with van der Waals surface area (Å²) < 4.78 is 52.0. The number of aliphatic hydroxyl groups is 1. The molecule has 2 aromatic rings. The lowest BCUT2D eigenvalue weighted by atomic mass is 9.99. The van der Waals surface area contributed by atoms with Crippen molar-refractivity contribution in [1.82, 2.24) is 4.57 Å². The lowest BCUT2D eigenvalue weighted by Crippen LogP contribution is -2.26. The fourth-order valence-electron chi connectivity index (χ4n) is 2.74. The van der Waals surface area contributed by atoms with Crippen molar-refractivity contribution in [3.8, 4) is 0 Å². The number of hydrogen-bond acceptors (Lipinski definition) is 4. The van der Waals surface area contributed by atoms with E-state index in [0.717, 1.165) is 6.07 Å². The lowest BCUT2D eigenvalue weighted by Gasteiger charge is -2.24. The molecule has 0 aliphatic rings. The predicted molar refractivity (Wildman–Crippen MR) is 87.7 cm³/mol. The summed E-state index contributed by atoms with van der Waals surface area (Å²) in [6.07, 6.45) is -3.26. The Labute approximate surface area is 143 Å². The van der Waals surface area contributed by atoms with Gasteiger partial charge < -0.3 is 9.67 Å². The average Bonchev–Trinajstić information content (AvgIpc) is 2.80. The molecule has 0 aliphatic carbocycles.